The Hall–Kier alpha value is -2.47. The smallest absolute Gasteiger partial charge is 0.238 e. The van der Waals surface area contributed by atoms with Crippen LogP contribution in [0.4, 0.5) is 17.1 Å². The second-order valence-corrected chi connectivity index (χ2v) is 9.27. The summed E-state index contributed by atoms with van der Waals surface area (Å²) in [5.41, 5.74) is 3.80. The maximum absolute atomic E-state index is 12.7. The molecule has 2 aromatic carbocycles. The van der Waals surface area contributed by atoms with E-state index in [1.54, 1.807) is 11.8 Å². The monoisotopic (exact) mass is 439 g/mol. The van der Waals surface area contributed by atoms with Gasteiger partial charge in [0.2, 0.25) is 11.8 Å². The summed E-state index contributed by atoms with van der Waals surface area (Å²) in [6.45, 7) is 4.21. The molecule has 31 heavy (non-hydrogen) atoms. The average Bonchev–Trinajstić information content (AvgIpc) is 3.16. The lowest BCUT2D eigenvalue weighted by molar-refractivity contribution is -0.120. The molecular formula is C25H33N3O2S. The molecule has 1 heterocycles. The van der Waals surface area contributed by atoms with Gasteiger partial charge in [0.15, 0.2) is 0 Å². The maximum Gasteiger partial charge on any atom is 0.238 e. The number of carbonyl (C=O) groups is 2. The highest BCUT2D eigenvalue weighted by molar-refractivity contribution is 8.00. The summed E-state index contributed by atoms with van der Waals surface area (Å²) in [7, 11) is 4.00. The molecule has 1 N–H and O–H groups in total. The van der Waals surface area contributed by atoms with Crippen LogP contribution in [0, 0.1) is 5.92 Å². The molecule has 1 aliphatic heterocycles. The highest BCUT2D eigenvalue weighted by Gasteiger charge is 2.34. The summed E-state index contributed by atoms with van der Waals surface area (Å²) in [6, 6.07) is 16.0. The average molecular weight is 440 g/mol. The molecule has 2 amide bonds. The van der Waals surface area contributed by atoms with Crippen molar-refractivity contribution in [2.75, 3.05) is 35.0 Å². The fourth-order valence-corrected chi connectivity index (χ4v) is 5.01. The molecule has 2 unspecified atom stereocenters. The molecule has 2 aromatic rings. The molecule has 0 bridgehead atoms. The lowest BCUT2D eigenvalue weighted by atomic mass is 9.98. The SMILES string of the molecule is CCCCC(CC)C(=O)Nc1cccc(C2SCC(=O)N2c2ccc(N(C)C)cc2)c1. The van der Waals surface area contributed by atoms with Crippen LogP contribution >= 0.6 is 11.8 Å². The van der Waals surface area contributed by atoms with Gasteiger partial charge in [0.1, 0.15) is 5.37 Å². The van der Waals surface area contributed by atoms with Crippen LogP contribution in [0.25, 0.3) is 0 Å². The van der Waals surface area contributed by atoms with Gasteiger partial charge in [-0.25, -0.2) is 0 Å². The number of benzene rings is 2. The summed E-state index contributed by atoms with van der Waals surface area (Å²) < 4.78 is 0. The van der Waals surface area contributed by atoms with Crippen LogP contribution in [-0.4, -0.2) is 31.7 Å². The molecule has 1 fully saturated rings. The first kappa shape index (κ1) is 23.2. The Labute approximate surface area is 190 Å². The summed E-state index contributed by atoms with van der Waals surface area (Å²) in [5, 5.41) is 2.99. The van der Waals surface area contributed by atoms with Gasteiger partial charge in [-0.1, -0.05) is 38.8 Å². The van der Waals surface area contributed by atoms with Crippen LogP contribution in [0.5, 0.6) is 0 Å². The van der Waals surface area contributed by atoms with E-state index >= 15 is 0 Å². The molecule has 0 spiro atoms. The molecule has 0 aliphatic carbocycles. The van der Waals surface area contributed by atoms with Gasteiger partial charge in [0.25, 0.3) is 0 Å². The van der Waals surface area contributed by atoms with Crippen LogP contribution in [0.1, 0.15) is 50.5 Å². The van der Waals surface area contributed by atoms with Crippen molar-refractivity contribution < 1.29 is 9.59 Å². The number of nitrogens with one attached hydrogen (secondary N) is 1. The van der Waals surface area contributed by atoms with E-state index in [4.69, 9.17) is 0 Å². The van der Waals surface area contributed by atoms with E-state index in [1.807, 2.05) is 72.4 Å². The lowest BCUT2D eigenvalue weighted by Crippen LogP contribution is -2.28. The molecule has 1 aliphatic rings. The number of amides is 2. The molecule has 3 rings (SSSR count). The number of thioether (sulfide) groups is 1. The fraction of sp³-hybridized carbons (Fsp3) is 0.440. The topological polar surface area (TPSA) is 52.7 Å². The van der Waals surface area contributed by atoms with Crippen molar-refractivity contribution in [3.05, 3.63) is 54.1 Å². The lowest BCUT2D eigenvalue weighted by Gasteiger charge is -2.25. The Bertz CT molecular complexity index is 898. The number of hydrogen-bond acceptors (Lipinski definition) is 4. The van der Waals surface area contributed by atoms with Gasteiger partial charge in [0, 0.05) is 37.1 Å². The van der Waals surface area contributed by atoms with Crippen LogP contribution in [0.15, 0.2) is 48.5 Å². The molecule has 5 nitrogen and oxygen atoms in total. The predicted octanol–water partition coefficient (Wildman–Crippen LogP) is 5.69. The number of rotatable bonds is 9. The minimum Gasteiger partial charge on any atom is -0.378 e. The number of carbonyl (C=O) groups excluding carboxylic acids is 2. The van der Waals surface area contributed by atoms with Crippen molar-refractivity contribution in [3.63, 3.8) is 0 Å². The molecule has 0 saturated carbocycles. The van der Waals surface area contributed by atoms with Crippen LogP contribution in [0.3, 0.4) is 0 Å². The summed E-state index contributed by atoms with van der Waals surface area (Å²) in [6.07, 6.45) is 3.92. The van der Waals surface area contributed by atoms with Gasteiger partial charge >= 0.3 is 0 Å². The quantitative estimate of drug-likeness (QED) is 0.546. The Morgan fingerprint density at radius 1 is 1.19 bits per heavy atom. The summed E-state index contributed by atoms with van der Waals surface area (Å²) in [5.74, 6) is 0.677. The van der Waals surface area contributed by atoms with Crippen LogP contribution in [-0.2, 0) is 9.59 Å². The Morgan fingerprint density at radius 3 is 2.58 bits per heavy atom. The second kappa shape index (κ2) is 10.7. The summed E-state index contributed by atoms with van der Waals surface area (Å²) >= 11 is 1.62. The zero-order valence-corrected chi connectivity index (χ0v) is 19.7. The van der Waals surface area contributed by atoms with Gasteiger partial charge in [-0.2, -0.15) is 0 Å². The molecule has 0 radical (unpaired) electrons. The highest BCUT2D eigenvalue weighted by Crippen LogP contribution is 2.42. The highest BCUT2D eigenvalue weighted by atomic mass is 32.2. The number of hydrogen-bond donors (Lipinski definition) is 1. The molecule has 1 saturated heterocycles. The molecular weight excluding hydrogens is 406 g/mol. The number of nitrogens with zero attached hydrogens (tertiary/aromatic N) is 2. The van der Waals surface area contributed by atoms with Crippen molar-refractivity contribution >= 4 is 40.6 Å². The Balaban J connectivity index is 1.78. The number of unbranched alkanes of at least 4 members (excludes halogenated alkanes) is 1. The first-order valence-electron chi connectivity index (χ1n) is 11.1. The van der Waals surface area contributed by atoms with Crippen molar-refractivity contribution in [1.82, 2.24) is 0 Å². The minimum absolute atomic E-state index is 0.0396. The van der Waals surface area contributed by atoms with Gasteiger partial charge in [-0.3, -0.25) is 14.5 Å². The van der Waals surface area contributed by atoms with E-state index < -0.39 is 0 Å². The largest absolute Gasteiger partial charge is 0.378 e. The first-order valence-corrected chi connectivity index (χ1v) is 12.1. The van der Waals surface area contributed by atoms with Gasteiger partial charge in [0.05, 0.1) is 5.75 Å². The van der Waals surface area contributed by atoms with Crippen LogP contribution in [0.2, 0.25) is 0 Å². The van der Waals surface area contributed by atoms with E-state index in [2.05, 4.69) is 19.2 Å². The standard InChI is InChI=1S/C25H33N3O2S/c1-5-7-9-18(6-2)24(30)26-20-11-8-10-19(16-20)25-28(23(29)17-31-25)22-14-12-21(13-15-22)27(3)4/h8,10-16,18,25H,5-7,9,17H2,1-4H3,(H,26,30). The van der Waals surface area contributed by atoms with Gasteiger partial charge in [-0.15, -0.1) is 11.8 Å². The third-order valence-corrected chi connectivity index (χ3v) is 6.93. The maximum atomic E-state index is 12.7. The second-order valence-electron chi connectivity index (χ2n) is 8.20. The fourth-order valence-electron chi connectivity index (χ4n) is 3.85. The van der Waals surface area contributed by atoms with Crippen molar-refractivity contribution in [3.8, 4) is 0 Å². The molecule has 2 atom stereocenters. The van der Waals surface area contributed by atoms with E-state index in [9.17, 15) is 9.59 Å². The van der Waals surface area contributed by atoms with Gasteiger partial charge < -0.3 is 10.2 Å². The normalized spacial score (nSPS) is 17.0. The van der Waals surface area contributed by atoms with Crippen molar-refractivity contribution in [2.45, 2.75) is 44.9 Å². The van der Waals surface area contributed by atoms with E-state index in [-0.39, 0.29) is 23.1 Å². The van der Waals surface area contributed by atoms with Crippen molar-refractivity contribution in [1.29, 1.82) is 0 Å². The summed E-state index contributed by atoms with van der Waals surface area (Å²) in [4.78, 5) is 29.3. The minimum atomic E-state index is -0.100. The predicted molar refractivity (Wildman–Crippen MR) is 132 cm³/mol. The van der Waals surface area contributed by atoms with E-state index in [1.165, 1.54) is 0 Å². The zero-order chi connectivity index (χ0) is 22.4. The first-order chi connectivity index (χ1) is 14.9. The van der Waals surface area contributed by atoms with E-state index in [0.29, 0.717) is 5.75 Å². The molecule has 166 valence electrons. The molecule has 6 heteroatoms. The van der Waals surface area contributed by atoms with Crippen LogP contribution < -0.4 is 15.1 Å². The third kappa shape index (κ3) is 5.62. The van der Waals surface area contributed by atoms with Crippen molar-refractivity contribution in [2.24, 2.45) is 5.92 Å². The van der Waals surface area contributed by atoms with E-state index in [0.717, 1.165) is 48.3 Å². The molecule has 0 aromatic heterocycles. The Morgan fingerprint density at radius 2 is 1.94 bits per heavy atom. The number of anilines is 3. The third-order valence-electron chi connectivity index (χ3n) is 5.72. The van der Waals surface area contributed by atoms with Gasteiger partial charge in [-0.05, 0) is 54.8 Å². The zero-order valence-electron chi connectivity index (χ0n) is 18.9. The Kier molecular flexibility index (Phi) is 8.02.